The van der Waals surface area contributed by atoms with Gasteiger partial charge in [-0.15, -0.1) is 0 Å². The van der Waals surface area contributed by atoms with Crippen molar-refractivity contribution in [3.8, 4) is 11.5 Å². The first-order chi connectivity index (χ1) is 13.6. The molecule has 148 valence electrons. The minimum absolute atomic E-state index is 0.00589. The molecule has 0 amide bonds. The third-order valence-corrected chi connectivity index (χ3v) is 5.06. The fraction of sp³-hybridized carbons (Fsp3) is 0.364. The summed E-state index contributed by atoms with van der Waals surface area (Å²) in [6, 6.07) is 17.2. The molecular weight excluding hydrogens is 354 g/mol. The number of esters is 1. The first kappa shape index (κ1) is 19.7. The van der Waals surface area contributed by atoms with Crippen LogP contribution in [0.3, 0.4) is 0 Å². The smallest absolute Gasteiger partial charge is 0.314 e. The summed E-state index contributed by atoms with van der Waals surface area (Å²) in [5.74, 6) is 1.16. The number of rotatable bonds is 7. The van der Waals surface area contributed by atoms with Crippen LogP contribution in [-0.4, -0.2) is 18.5 Å². The molecule has 6 heteroatoms. The Bertz CT molecular complexity index is 787. The second-order valence-electron chi connectivity index (χ2n) is 7.15. The van der Waals surface area contributed by atoms with Gasteiger partial charge in [-0.3, -0.25) is 10.2 Å². The minimum Gasteiger partial charge on any atom is -0.485 e. The van der Waals surface area contributed by atoms with E-state index in [1.165, 1.54) is 0 Å². The molecule has 3 rings (SSSR count). The Morgan fingerprint density at radius 2 is 1.64 bits per heavy atom. The predicted octanol–water partition coefficient (Wildman–Crippen LogP) is 3.46. The van der Waals surface area contributed by atoms with Gasteiger partial charge in [-0.05, 0) is 49.3 Å². The van der Waals surface area contributed by atoms with Gasteiger partial charge in [0.25, 0.3) is 0 Å². The van der Waals surface area contributed by atoms with E-state index in [1.807, 2.05) is 48.5 Å². The van der Waals surface area contributed by atoms with Crippen LogP contribution in [0.1, 0.15) is 31.2 Å². The summed E-state index contributed by atoms with van der Waals surface area (Å²) >= 11 is 0. The van der Waals surface area contributed by atoms with Crippen molar-refractivity contribution in [1.29, 1.82) is 5.41 Å². The van der Waals surface area contributed by atoms with Crippen LogP contribution in [0.2, 0.25) is 0 Å². The number of hydrogen-bond acceptors (Lipinski definition) is 4. The zero-order valence-electron chi connectivity index (χ0n) is 15.9. The van der Waals surface area contributed by atoms with E-state index in [-0.39, 0.29) is 17.8 Å². The zero-order chi connectivity index (χ0) is 19.8. The van der Waals surface area contributed by atoms with Crippen molar-refractivity contribution in [2.24, 2.45) is 17.6 Å². The monoisotopic (exact) mass is 381 g/mol. The van der Waals surface area contributed by atoms with Gasteiger partial charge in [-0.2, -0.15) is 0 Å². The number of nitrogens with one attached hydrogen (secondary N) is 2. The molecule has 0 unspecified atom stereocenters. The van der Waals surface area contributed by atoms with Gasteiger partial charge in [-0.25, -0.2) is 0 Å². The second kappa shape index (κ2) is 9.78. The predicted molar refractivity (Wildman–Crippen MR) is 108 cm³/mol. The van der Waals surface area contributed by atoms with Gasteiger partial charge in [0.2, 0.25) is 0 Å². The highest BCUT2D eigenvalue weighted by molar-refractivity contribution is 5.76. The molecule has 6 nitrogen and oxygen atoms in total. The van der Waals surface area contributed by atoms with Crippen molar-refractivity contribution in [1.82, 2.24) is 5.32 Å². The minimum atomic E-state index is -0.200. The van der Waals surface area contributed by atoms with Crippen LogP contribution in [-0.2, 0) is 11.4 Å². The molecule has 0 radical (unpaired) electrons. The number of ether oxygens (including phenoxy) is 2. The van der Waals surface area contributed by atoms with Gasteiger partial charge in [0, 0.05) is 6.54 Å². The number of benzene rings is 2. The molecule has 2 aromatic rings. The Balaban J connectivity index is 1.52. The molecular formula is C22H27N3O3. The lowest BCUT2D eigenvalue weighted by molar-refractivity contribution is -0.140. The fourth-order valence-electron chi connectivity index (χ4n) is 3.44. The van der Waals surface area contributed by atoms with Crippen LogP contribution in [0.25, 0.3) is 0 Å². The molecule has 0 bridgehead atoms. The quantitative estimate of drug-likeness (QED) is 0.295. The molecule has 0 aromatic heterocycles. The van der Waals surface area contributed by atoms with Gasteiger partial charge in [0.05, 0.1) is 5.92 Å². The number of carbonyl (C=O) groups is 1. The highest BCUT2D eigenvalue weighted by Crippen LogP contribution is 2.32. The summed E-state index contributed by atoms with van der Waals surface area (Å²) in [5, 5.41) is 10.1. The maximum absolute atomic E-state index is 12.6. The van der Waals surface area contributed by atoms with Crippen molar-refractivity contribution < 1.29 is 14.3 Å². The van der Waals surface area contributed by atoms with Crippen LogP contribution in [0, 0.1) is 17.2 Å². The summed E-state index contributed by atoms with van der Waals surface area (Å²) < 4.78 is 11.5. The summed E-state index contributed by atoms with van der Waals surface area (Å²) in [6.45, 7) is 1.11. The van der Waals surface area contributed by atoms with E-state index in [0.717, 1.165) is 31.2 Å². The number of hydrogen-bond donors (Lipinski definition) is 3. The average molecular weight is 381 g/mol. The topological polar surface area (TPSA) is 97.4 Å². The zero-order valence-corrected chi connectivity index (χ0v) is 15.9. The second-order valence-corrected chi connectivity index (χ2v) is 7.15. The summed E-state index contributed by atoms with van der Waals surface area (Å²) in [7, 11) is 0. The standard InChI is InChI=1S/C22H27N3O3/c23-22(24)25-14-16-10-12-18(13-11-16)21(26)28-20-9-5-4-8-19(20)27-15-17-6-2-1-3-7-17/h1-9,16,18H,10-15H2,(H4,23,24,25). The largest absolute Gasteiger partial charge is 0.485 e. The number of guanidine groups is 1. The summed E-state index contributed by atoms with van der Waals surface area (Å²) in [5.41, 5.74) is 6.39. The Kier molecular flexibility index (Phi) is 6.89. The molecule has 28 heavy (non-hydrogen) atoms. The molecule has 0 saturated heterocycles. The lowest BCUT2D eigenvalue weighted by Crippen LogP contribution is -2.36. The lowest BCUT2D eigenvalue weighted by Gasteiger charge is -2.27. The van der Waals surface area contributed by atoms with E-state index in [2.05, 4.69) is 5.32 Å². The third kappa shape index (κ3) is 5.74. The third-order valence-electron chi connectivity index (χ3n) is 5.06. The van der Waals surface area contributed by atoms with Crippen molar-refractivity contribution in [2.45, 2.75) is 32.3 Å². The molecule has 2 aromatic carbocycles. The first-order valence-electron chi connectivity index (χ1n) is 9.67. The molecule has 0 atom stereocenters. The number of carbonyl (C=O) groups excluding carboxylic acids is 1. The first-order valence-corrected chi connectivity index (χ1v) is 9.67. The van der Waals surface area contributed by atoms with E-state index in [4.69, 9.17) is 20.6 Å². The van der Waals surface area contributed by atoms with Crippen molar-refractivity contribution in [3.63, 3.8) is 0 Å². The van der Waals surface area contributed by atoms with Crippen LogP contribution >= 0.6 is 0 Å². The molecule has 1 saturated carbocycles. The van der Waals surface area contributed by atoms with Crippen LogP contribution in [0.5, 0.6) is 11.5 Å². The Labute approximate surface area is 165 Å². The normalized spacial score (nSPS) is 18.9. The Hall–Kier alpha value is -3.02. The number of nitrogens with two attached hydrogens (primary N) is 1. The maximum atomic E-state index is 12.6. The maximum Gasteiger partial charge on any atom is 0.314 e. The van der Waals surface area contributed by atoms with Gasteiger partial charge in [-0.1, -0.05) is 42.5 Å². The van der Waals surface area contributed by atoms with E-state index < -0.39 is 0 Å². The van der Waals surface area contributed by atoms with Crippen molar-refractivity contribution in [3.05, 3.63) is 60.2 Å². The van der Waals surface area contributed by atoms with E-state index in [1.54, 1.807) is 6.07 Å². The SMILES string of the molecule is N=C(N)NCC1CCC(C(=O)Oc2ccccc2OCc2ccccc2)CC1. The molecule has 1 aliphatic carbocycles. The van der Waals surface area contributed by atoms with Crippen LogP contribution in [0.15, 0.2) is 54.6 Å². The van der Waals surface area contributed by atoms with Crippen molar-refractivity contribution >= 4 is 11.9 Å². The Morgan fingerprint density at radius 1 is 1.00 bits per heavy atom. The molecule has 0 aliphatic heterocycles. The Morgan fingerprint density at radius 3 is 2.32 bits per heavy atom. The van der Waals surface area contributed by atoms with Gasteiger partial charge >= 0.3 is 5.97 Å². The molecule has 0 heterocycles. The average Bonchev–Trinajstić information content (AvgIpc) is 2.72. The van der Waals surface area contributed by atoms with E-state index >= 15 is 0 Å². The summed E-state index contributed by atoms with van der Waals surface area (Å²) in [6.07, 6.45) is 3.42. The van der Waals surface area contributed by atoms with Crippen LogP contribution in [0.4, 0.5) is 0 Å². The van der Waals surface area contributed by atoms with Crippen molar-refractivity contribution in [2.75, 3.05) is 6.54 Å². The van der Waals surface area contributed by atoms with Gasteiger partial charge < -0.3 is 20.5 Å². The molecule has 4 N–H and O–H groups in total. The highest BCUT2D eigenvalue weighted by atomic mass is 16.6. The van der Waals surface area contributed by atoms with E-state index in [0.29, 0.717) is 30.6 Å². The molecule has 0 spiro atoms. The fourth-order valence-corrected chi connectivity index (χ4v) is 3.44. The lowest BCUT2D eigenvalue weighted by atomic mass is 9.82. The molecule has 1 aliphatic rings. The highest BCUT2D eigenvalue weighted by Gasteiger charge is 2.28. The van der Waals surface area contributed by atoms with Crippen LogP contribution < -0.4 is 20.5 Å². The number of para-hydroxylation sites is 2. The van der Waals surface area contributed by atoms with Gasteiger partial charge in [0.1, 0.15) is 6.61 Å². The summed E-state index contributed by atoms with van der Waals surface area (Å²) in [4.78, 5) is 12.6. The van der Waals surface area contributed by atoms with Gasteiger partial charge in [0.15, 0.2) is 17.5 Å². The van der Waals surface area contributed by atoms with E-state index in [9.17, 15) is 4.79 Å². The molecule has 1 fully saturated rings.